The first-order chi connectivity index (χ1) is 12.3. The molecule has 144 valence electrons. The van der Waals surface area contributed by atoms with Gasteiger partial charge in [-0.15, -0.1) is 0 Å². The number of carbonyl (C=O) groups excluding carboxylic acids is 2. The molecular formula is C21H33N3O2. The van der Waals surface area contributed by atoms with Gasteiger partial charge in [0.1, 0.15) is 0 Å². The Kier molecular flexibility index (Phi) is 7.21. The number of benzene rings is 1. The van der Waals surface area contributed by atoms with Crippen LogP contribution in [0.25, 0.3) is 0 Å². The average Bonchev–Trinajstić information content (AvgIpc) is 2.58. The summed E-state index contributed by atoms with van der Waals surface area (Å²) < 4.78 is 0. The summed E-state index contributed by atoms with van der Waals surface area (Å²) in [6, 6.07) is 4.11. The summed E-state index contributed by atoms with van der Waals surface area (Å²) in [5, 5.41) is 6.33. The van der Waals surface area contributed by atoms with Gasteiger partial charge in [0.15, 0.2) is 0 Å². The van der Waals surface area contributed by atoms with Gasteiger partial charge in [-0.05, 0) is 69.7 Å². The van der Waals surface area contributed by atoms with E-state index in [0.29, 0.717) is 18.3 Å². The molecule has 0 bridgehead atoms. The predicted molar refractivity (Wildman–Crippen MR) is 106 cm³/mol. The Hall–Kier alpha value is -1.88. The van der Waals surface area contributed by atoms with E-state index < -0.39 is 0 Å². The molecule has 1 saturated heterocycles. The molecule has 1 atom stereocenters. The van der Waals surface area contributed by atoms with Crippen LogP contribution in [0.2, 0.25) is 0 Å². The van der Waals surface area contributed by atoms with E-state index in [1.165, 1.54) is 5.56 Å². The van der Waals surface area contributed by atoms with Crippen LogP contribution in [0.15, 0.2) is 12.1 Å². The van der Waals surface area contributed by atoms with Gasteiger partial charge in [-0.25, -0.2) is 0 Å². The van der Waals surface area contributed by atoms with Crippen LogP contribution < -0.4 is 10.6 Å². The van der Waals surface area contributed by atoms with Gasteiger partial charge in [-0.1, -0.05) is 24.6 Å². The number of piperidine rings is 1. The summed E-state index contributed by atoms with van der Waals surface area (Å²) >= 11 is 0. The number of carbonyl (C=O) groups is 2. The molecule has 1 fully saturated rings. The molecule has 5 nitrogen and oxygen atoms in total. The maximum absolute atomic E-state index is 12.5. The summed E-state index contributed by atoms with van der Waals surface area (Å²) in [5.74, 6) is 0.853. The lowest BCUT2D eigenvalue weighted by Crippen LogP contribution is -2.37. The van der Waals surface area contributed by atoms with E-state index >= 15 is 0 Å². The van der Waals surface area contributed by atoms with Crippen LogP contribution in [0.3, 0.4) is 0 Å². The van der Waals surface area contributed by atoms with Crippen molar-refractivity contribution in [3.05, 3.63) is 28.8 Å². The summed E-state index contributed by atoms with van der Waals surface area (Å²) in [6.45, 7) is 10.3. The first kappa shape index (κ1) is 20.4. The molecule has 2 amide bonds. The van der Waals surface area contributed by atoms with E-state index in [1.807, 2.05) is 20.8 Å². The van der Waals surface area contributed by atoms with Crippen molar-refractivity contribution in [2.75, 3.05) is 32.0 Å². The third-order valence-corrected chi connectivity index (χ3v) is 5.43. The van der Waals surface area contributed by atoms with E-state index in [9.17, 15) is 9.59 Å². The van der Waals surface area contributed by atoms with Crippen molar-refractivity contribution < 1.29 is 9.59 Å². The standard InChI is InChI=1S/C21H33N3O2/c1-14-10-16(3)21(17(4)11-14)23-19(25)13-24(5)20(26)12-15(2)18-6-8-22-9-7-18/h10-11,15,18,22H,6-9,12-13H2,1-5H3,(H,23,25). The molecule has 1 aliphatic heterocycles. The molecule has 26 heavy (non-hydrogen) atoms. The monoisotopic (exact) mass is 359 g/mol. The quantitative estimate of drug-likeness (QED) is 0.821. The highest BCUT2D eigenvalue weighted by molar-refractivity contribution is 5.95. The smallest absolute Gasteiger partial charge is 0.243 e. The molecule has 2 N–H and O–H groups in total. The number of rotatable bonds is 6. The van der Waals surface area contributed by atoms with Gasteiger partial charge >= 0.3 is 0 Å². The summed E-state index contributed by atoms with van der Waals surface area (Å²) in [4.78, 5) is 26.4. The second kappa shape index (κ2) is 9.17. The van der Waals surface area contributed by atoms with Crippen molar-refractivity contribution in [3.8, 4) is 0 Å². The lowest BCUT2D eigenvalue weighted by Gasteiger charge is -2.29. The van der Waals surface area contributed by atoms with Crippen molar-refractivity contribution >= 4 is 17.5 Å². The van der Waals surface area contributed by atoms with Crippen LogP contribution >= 0.6 is 0 Å². The molecule has 1 unspecified atom stereocenters. The Morgan fingerprint density at radius 2 is 1.77 bits per heavy atom. The third-order valence-electron chi connectivity index (χ3n) is 5.43. The van der Waals surface area contributed by atoms with Crippen molar-refractivity contribution in [2.45, 2.75) is 47.0 Å². The van der Waals surface area contributed by atoms with Gasteiger partial charge in [-0.3, -0.25) is 9.59 Å². The van der Waals surface area contributed by atoms with Gasteiger partial charge in [0.05, 0.1) is 6.54 Å². The number of hydrogen-bond donors (Lipinski definition) is 2. The minimum atomic E-state index is -0.148. The second-order valence-electron chi connectivity index (χ2n) is 7.84. The minimum absolute atomic E-state index is 0.0449. The van der Waals surface area contributed by atoms with Crippen LogP contribution in [0.1, 0.15) is 42.9 Å². The highest BCUT2D eigenvalue weighted by Crippen LogP contribution is 2.25. The predicted octanol–water partition coefficient (Wildman–Crippen LogP) is 3.03. The first-order valence-corrected chi connectivity index (χ1v) is 9.60. The fourth-order valence-electron chi connectivity index (χ4n) is 3.87. The van der Waals surface area contributed by atoms with E-state index in [0.717, 1.165) is 42.7 Å². The van der Waals surface area contributed by atoms with E-state index in [2.05, 4.69) is 29.7 Å². The minimum Gasteiger partial charge on any atom is -0.336 e. The summed E-state index contributed by atoms with van der Waals surface area (Å²) in [5.41, 5.74) is 4.12. The van der Waals surface area contributed by atoms with E-state index in [-0.39, 0.29) is 18.4 Å². The van der Waals surface area contributed by atoms with Gasteiger partial charge in [-0.2, -0.15) is 0 Å². The molecule has 1 aromatic rings. The largest absolute Gasteiger partial charge is 0.336 e. The maximum atomic E-state index is 12.5. The zero-order valence-electron chi connectivity index (χ0n) is 16.8. The highest BCUT2D eigenvalue weighted by atomic mass is 16.2. The fraction of sp³-hybridized carbons (Fsp3) is 0.619. The molecule has 0 aromatic heterocycles. The van der Waals surface area contributed by atoms with Crippen molar-refractivity contribution in [1.82, 2.24) is 10.2 Å². The van der Waals surface area contributed by atoms with Crippen LogP contribution in [0, 0.1) is 32.6 Å². The Morgan fingerprint density at radius 1 is 1.19 bits per heavy atom. The zero-order valence-corrected chi connectivity index (χ0v) is 16.8. The molecule has 0 saturated carbocycles. The number of nitrogens with one attached hydrogen (secondary N) is 2. The highest BCUT2D eigenvalue weighted by Gasteiger charge is 2.24. The number of anilines is 1. The number of nitrogens with zero attached hydrogens (tertiary/aromatic N) is 1. The molecule has 1 heterocycles. The van der Waals surface area contributed by atoms with Gasteiger partial charge in [0.25, 0.3) is 0 Å². The SMILES string of the molecule is Cc1cc(C)c(NC(=O)CN(C)C(=O)CC(C)C2CCNCC2)c(C)c1. The Bertz CT molecular complexity index is 628. The molecule has 1 aliphatic rings. The lowest BCUT2D eigenvalue weighted by atomic mass is 9.84. The average molecular weight is 360 g/mol. The molecule has 1 aromatic carbocycles. The van der Waals surface area contributed by atoms with Gasteiger partial charge < -0.3 is 15.5 Å². The van der Waals surface area contributed by atoms with E-state index in [4.69, 9.17) is 0 Å². The normalized spacial score (nSPS) is 16.2. The second-order valence-corrected chi connectivity index (χ2v) is 7.84. The molecule has 0 radical (unpaired) electrons. The number of likely N-dealkylation sites (N-methyl/N-ethyl adjacent to an activating group) is 1. The number of aryl methyl sites for hydroxylation is 3. The van der Waals surface area contributed by atoms with Crippen LogP contribution in [0.4, 0.5) is 5.69 Å². The van der Waals surface area contributed by atoms with Gasteiger partial charge in [0.2, 0.25) is 11.8 Å². The Labute approximate surface area is 157 Å². The van der Waals surface area contributed by atoms with Crippen molar-refractivity contribution in [3.63, 3.8) is 0 Å². The first-order valence-electron chi connectivity index (χ1n) is 9.60. The lowest BCUT2D eigenvalue weighted by molar-refractivity contribution is -0.134. The zero-order chi connectivity index (χ0) is 19.3. The molecule has 0 spiro atoms. The van der Waals surface area contributed by atoms with Crippen molar-refractivity contribution in [2.24, 2.45) is 11.8 Å². The third kappa shape index (κ3) is 5.56. The Balaban J connectivity index is 1.87. The van der Waals surface area contributed by atoms with Gasteiger partial charge in [0, 0.05) is 19.2 Å². The summed E-state index contributed by atoms with van der Waals surface area (Å²) in [6.07, 6.45) is 2.77. The Morgan fingerprint density at radius 3 is 2.35 bits per heavy atom. The van der Waals surface area contributed by atoms with Crippen molar-refractivity contribution in [1.29, 1.82) is 0 Å². The molecule has 5 heteroatoms. The van der Waals surface area contributed by atoms with Crippen LogP contribution in [0.5, 0.6) is 0 Å². The van der Waals surface area contributed by atoms with Crippen LogP contribution in [-0.4, -0.2) is 43.4 Å². The number of amides is 2. The molecule has 0 aliphatic carbocycles. The topological polar surface area (TPSA) is 61.4 Å². The molecular weight excluding hydrogens is 326 g/mol. The number of hydrogen-bond acceptors (Lipinski definition) is 3. The van der Waals surface area contributed by atoms with Crippen LogP contribution in [-0.2, 0) is 9.59 Å². The maximum Gasteiger partial charge on any atom is 0.243 e. The van der Waals surface area contributed by atoms with E-state index in [1.54, 1.807) is 11.9 Å². The fourth-order valence-corrected chi connectivity index (χ4v) is 3.87. The summed E-state index contributed by atoms with van der Waals surface area (Å²) in [7, 11) is 1.71. The molecule has 2 rings (SSSR count).